The van der Waals surface area contributed by atoms with E-state index in [0.29, 0.717) is 13.2 Å². The molecule has 1 aliphatic heterocycles. The summed E-state index contributed by atoms with van der Waals surface area (Å²) in [4.78, 5) is 10.7. The van der Waals surface area contributed by atoms with Gasteiger partial charge in [-0.1, -0.05) is 29.8 Å². The van der Waals surface area contributed by atoms with E-state index < -0.39 is 12.1 Å². The number of hydrogen-bond donors (Lipinski definition) is 2. The van der Waals surface area contributed by atoms with Crippen LogP contribution in [0.3, 0.4) is 0 Å². The lowest BCUT2D eigenvalue weighted by Gasteiger charge is -2.28. The molecule has 4 nitrogen and oxygen atoms in total. The monoisotopic (exact) mass is 221 g/mol. The largest absolute Gasteiger partial charge is 0.479 e. The summed E-state index contributed by atoms with van der Waals surface area (Å²) in [6.45, 7) is 2.79. The normalized spacial score (nSPS) is 25.3. The van der Waals surface area contributed by atoms with E-state index in [0.717, 1.165) is 5.56 Å². The predicted octanol–water partition coefficient (Wildman–Crippen LogP) is 1.11. The second-order valence-electron chi connectivity index (χ2n) is 4.04. The SMILES string of the molecule is Cc1cccc(C2COC(C(=O)O)CN2)c1. The molecule has 2 N–H and O–H groups in total. The van der Waals surface area contributed by atoms with Crippen LogP contribution in [0, 0.1) is 6.92 Å². The van der Waals surface area contributed by atoms with Gasteiger partial charge in [-0.25, -0.2) is 4.79 Å². The van der Waals surface area contributed by atoms with Gasteiger partial charge in [0.15, 0.2) is 6.10 Å². The Morgan fingerprint density at radius 2 is 2.38 bits per heavy atom. The second kappa shape index (κ2) is 4.63. The first kappa shape index (κ1) is 11.1. The van der Waals surface area contributed by atoms with E-state index >= 15 is 0 Å². The highest BCUT2D eigenvalue weighted by Crippen LogP contribution is 2.18. The summed E-state index contributed by atoms with van der Waals surface area (Å²) >= 11 is 0. The molecule has 1 aromatic carbocycles. The van der Waals surface area contributed by atoms with Gasteiger partial charge < -0.3 is 15.2 Å². The van der Waals surface area contributed by atoms with Crippen molar-refractivity contribution in [1.29, 1.82) is 0 Å². The lowest BCUT2D eigenvalue weighted by atomic mass is 10.0. The number of ether oxygens (including phenoxy) is 1. The average molecular weight is 221 g/mol. The van der Waals surface area contributed by atoms with Gasteiger partial charge in [-0.3, -0.25) is 0 Å². The van der Waals surface area contributed by atoms with Gasteiger partial charge in [-0.05, 0) is 12.5 Å². The van der Waals surface area contributed by atoms with Crippen LogP contribution in [0.5, 0.6) is 0 Å². The Labute approximate surface area is 94.2 Å². The number of hydrogen-bond acceptors (Lipinski definition) is 3. The lowest BCUT2D eigenvalue weighted by Crippen LogP contribution is -2.44. The van der Waals surface area contributed by atoms with Crippen molar-refractivity contribution in [3.8, 4) is 0 Å². The Kier molecular flexibility index (Phi) is 3.22. The maximum absolute atomic E-state index is 10.7. The first-order chi connectivity index (χ1) is 7.66. The van der Waals surface area contributed by atoms with Gasteiger partial charge in [0.05, 0.1) is 12.6 Å². The number of aliphatic carboxylic acids is 1. The molecule has 4 heteroatoms. The highest BCUT2D eigenvalue weighted by Gasteiger charge is 2.26. The lowest BCUT2D eigenvalue weighted by molar-refractivity contribution is -0.153. The second-order valence-corrected chi connectivity index (χ2v) is 4.04. The molecular formula is C12H15NO3. The number of benzene rings is 1. The van der Waals surface area contributed by atoms with Crippen LogP contribution in [-0.4, -0.2) is 30.3 Å². The quantitative estimate of drug-likeness (QED) is 0.785. The Morgan fingerprint density at radius 3 is 2.94 bits per heavy atom. The summed E-state index contributed by atoms with van der Waals surface area (Å²) in [5.74, 6) is -0.907. The summed E-state index contributed by atoms with van der Waals surface area (Å²) < 4.78 is 5.28. The molecule has 2 atom stereocenters. The fourth-order valence-electron chi connectivity index (χ4n) is 1.84. The van der Waals surface area contributed by atoms with Crippen LogP contribution in [-0.2, 0) is 9.53 Å². The Bertz CT molecular complexity index is 384. The molecule has 16 heavy (non-hydrogen) atoms. The molecule has 0 radical (unpaired) electrons. The van der Waals surface area contributed by atoms with Gasteiger partial charge in [0.25, 0.3) is 0 Å². The van der Waals surface area contributed by atoms with Crippen molar-refractivity contribution in [2.24, 2.45) is 0 Å². The maximum Gasteiger partial charge on any atom is 0.334 e. The van der Waals surface area contributed by atoms with Crippen molar-refractivity contribution in [2.45, 2.75) is 19.1 Å². The van der Waals surface area contributed by atoms with Crippen molar-refractivity contribution < 1.29 is 14.6 Å². The number of morpholine rings is 1. The Balaban J connectivity index is 2.01. The summed E-state index contributed by atoms with van der Waals surface area (Å²) in [6.07, 6.45) is -0.721. The number of rotatable bonds is 2. The molecule has 1 aliphatic rings. The summed E-state index contributed by atoms with van der Waals surface area (Å²) in [5, 5.41) is 12.0. The van der Waals surface area contributed by atoms with Crippen LogP contribution >= 0.6 is 0 Å². The van der Waals surface area contributed by atoms with E-state index in [1.807, 2.05) is 25.1 Å². The van der Waals surface area contributed by atoms with Crippen molar-refractivity contribution in [2.75, 3.05) is 13.2 Å². The van der Waals surface area contributed by atoms with E-state index in [-0.39, 0.29) is 6.04 Å². The number of aryl methyl sites for hydroxylation is 1. The molecule has 0 amide bonds. The van der Waals surface area contributed by atoms with Gasteiger partial charge in [-0.15, -0.1) is 0 Å². The van der Waals surface area contributed by atoms with Gasteiger partial charge in [0, 0.05) is 6.54 Å². The average Bonchev–Trinajstić information content (AvgIpc) is 2.29. The van der Waals surface area contributed by atoms with Crippen molar-refractivity contribution in [1.82, 2.24) is 5.32 Å². The van der Waals surface area contributed by atoms with Crippen LogP contribution in [0.4, 0.5) is 0 Å². The molecule has 2 rings (SSSR count). The maximum atomic E-state index is 10.7. The van der Waals surface area contributed by atoms with Crippen molar-refractivity contribution in [3.05, 3.63) is 35.4 Å². The van der Waals surface area contributed by atoms with Gasteiger partial charge >= 0.3 is 5.97 Å². The number of nitrogens with one attached hydrogen (secondary N) is 1. The number of carboxylic acid groups (broad SMARTS) is 1. The molecule has 1 saturated heterocycles. The van der Waals surface area contributed by atoms with E-state index in [1.54, 1.807) is 0 Å². The molecule has 0 spiro atoms. The fourth-order valence-corrected chi connectivity index (χ4v) is 1.84. The van der Waals surface area contributed by atoms with Crippen molar-refractivity contribution >= 4 is 5.97 Å². The standard InChI is InChI=1S/C12H15NO3/c1-8-3-2-4-9(5-8)10-7-16-11(6-13-10)12(14)15/h2-5,10-11,13H,6-7H2,1H3,(H,14,15). The zero-order valence-electron chi connectivity index (χ0n) is 9.14. The van der Waals surface area contributed by atoms with Crippen LogP contribution in [0.25, 0.3) is 0 Å². The Hall–Kier alpha value is -1.39. The van der Waals surface area contributed by atoms with Crippen LogP contribution < -0.4 is 5.32 Å². The third-order valence-electron chi connectivity index (χ3n) is 2.73. The summed E-state index contributed by atoms with van der Waals surface area (Å²) in [6, 6.07) is 8.23. The van der Waals surface area contributed by atoms with Gasteiger partial charge in [0.1, 0.15) is 0 Å². The first-order valence-corrected chi connectivity index (χ1v) is 5.31. The van der Waals surface area contributed by atoms with E-state index in [4.69, 9.17) is 9.84 Å². The first-order valence-electron chi connectivity index (χ1n) is 5.31. The highest BCUT2D eigenvalue weighted by molar-refractivity contribution is 5.72. The van der Waals surface area contributed by atoms with E-state index in [1.165, 1.54) is 5.56 Å². The fraction of sp³-hybridized carbons (Fsp3) is 0.417. The third kappa shape index (κ3) is 2.40. The minimum Gasteiger partial charge on any atom is -0.479 e. The molecule has 0 aliphatic carbocycles. The predicted molar refractivity (Wildman–Crippen MR) is 59.3 cm³/mol. The van der Waals surface area contributed by atoms with E-state index in [2.05, 4.69) is 11.4 Å². The molecule has 0 aromatic heterocycles. The van der Waals surface area contributed by atoms with Crippen LogP contribution in [0.1, 0.15) is 17.2 Å². The summed E-state index contributed by atoms with van der Waals surface area (Å²) in [7, 11) is 0. The molecule has 86 valence electrons. The zero-order chi connectivity index (χ0) is 11.5. The van der Waals surface area contributed by atoms with Gasteiger partial charge in [0.2, 0.25) is 0 Å². The van der Waals surface area contributed by atoms with E-state index in [9.17, 15) is 4.79 Å². The molecular weight excluding hydrogens is 206 g/mol. The van der Waals surface area contributed by atoms with Crippen LogP contribution in [0.15, 0.2) is 24.3 Å². The number of carboxylic acids is 1. The number of carbonyl (C=O) groups is 1. The molecule has 1 aromatic rings. The van der Waals surface area contributed by atoms with Crippen molar-refractivity contribution in [3.63, 3.8) is 0 Å². The molecule has 1 heterocycles. The molecule has 0 bridgehead atoms. The zero-order valence-corrected chi connectivity index (χ0v) is 9.14. The molecule has 1 fully saturated rings. The third-order valence-corrected chi connectivity index (χ3v) is 2.73. The Morgan fingerprint density at radius 1 is 1.56 bits per heavy atom. The van der Waals surface area contributed by atoms with Gasteiger partial charge in [-0.2, -0.15) is 0 Å². The minimum atomic E-state index is -0.907. The highest BCUT2D eigenvalue weighted by atomic mass is 16.5. The summed E-state index contributed by atoms with van der Waals surface area (Å²) in [5.41, 5.74) is 2.34. The molecule has 0 saturated carbocycles. The van der Waals surface area contributed by atoms with Crippen LogP contribution in [0.2, 0.25) is 0 Å². The topological polar surface area (TPSA) is 58.6 Å². The minimum absolute atomic E-state index is 0.0931. The smallest absolute Gasteiger partial charge is 0.334 e. The molecule has 2 unspecified atom stereocenters.